The summed E-state index contributed by atoms with van der Waals surface area (Å²) >= 11 is 0. The summed E-state index contributed by atoms with van der Waals surface area (Å²) in [6.45, 7) is 9.56. The number of rotatable bonds is 8. The Labute approximate surface area is 227 Å². The molecule has 0 aromatic heterocycles. The van der Waals surface area contributed by atoms with E-state index in [2.05, 4.69) is 11.5 Å². The summed E-state index contributed by atoms with van der Waals surface area (Å²) in [7, 11) is 1.62. The molecule has 2 aromatic rings. The molecular weight excluding hydrogens is 498 g/mol. The van der Waals surface area contributed by atoms with Gasteiger partial charge < -0.3 is 24.4 Å². The summed E-state index contributed by atoms with van der Waals surface area (Å²) < 4.78 is 11.1. The maximum absolute atomic E-state index is 14.1. The van der Waals surface area contributed by atoms with Crippen molar-refractivity contribution in [3.05, 3.63) is 77.4 Å². The van der Waals surface area contributed by atoms with Crippen LogP contribution in [-0.4, -0.2) is 85.6 Å². The number of para-hydroxylation sites is 1. The van der Waals surface area contributed by atoms with Crippen molar-refractivity contribution in [2.24, 2.45) is 0 Å². The molecule has 0 bridgehead atoms. The fourth-order valence-corrected chi connectivity index (χ4v) is 5.80. The van der Waals surface area contributed by atoms with Crippen LogP contribution < -0.4 is 9.64 Å². The van der Waals surface area contributed by atoms with E-state index in [9.17, 15) is 19.5 Å². The Morgan fingerprint density at radius 1 is 1.13 bits per heavy atom. The minimum Gasteiger partial charge on any atom is -0.507 e. The summed E-state index contributed by atoms with van der Waals surface area (Å²) in [5.74, 6) is -1.90. The number of anilines is 1. The third-order valence-electron chi connectivity index (χ3n) is 7.70. The van der Waals surface area contributed by atoms with Crippen LogP contribution in [-0.2, 0) is 24.7 Å². The highest BCUT2D eigenvalue weighted by molar-refractivity contribution is 6.50. The van der Waals surface area contributed by atoms with Crippen molar-refractivity contribution in [3.63, 3.8) is 0 Å². The molecule has 204 valence electrons. The predicted octanol–water partition coefficient (Wildman–Crippen LogP) is 2.83. The molecule has 1 atom stereocenters. The highest BCUT2D eigenvalue weighted by Gasteiger charge is 2.66. The number of ketones is 1. The number of hydrogen-bond donors (Lipinski definition) is 1. The summed E-state index contributed by atoms with van der Waals surface area (Å²) in [6, 6.07) is 12.1. The Bertz CT molecular complexity index is 1360. The molecule has 5 rings (SSSR count). The van der Waals surface area contributed by atoms with Crippen LogP contribution >= 0.6 is 0 Å². The second-order valence-electron chi connectivity index (χ2n) is 9.99. The van der Waals surface area contributed by atoms with Gasteiger partial charge in [-0.1, -0.05) is 30.9 Å². The summed E-state index contributed by atoms with van der Waals surface area (Å²) in [6.07, 6.45) is 2.19. The number of nitrogens with zero attached hydrogens (tertiary/aromatic N) is 3. The molecule has 39 heavy (non-hydrogen) atoms. The topological polar surface area (TPSA) is 99.6 Å². The number of aliphatic hydroxyl groups excluding tert-OH is 1. The molecule has 2 amide bonds. The van der Waals surface area contributed by atoms with Gasteiger partial charge in [-0.05, 0) is 43.2 Å². The highest BCUT2D eigenvalue weighted by Crippen LogP contribution is 2.53. The van der Waals surface area contributed by atoms with Crippen molar-refractivity contribution in [1.29, 1.82) is 0 Å². The molecule has 0 saturated carbocycles. The van der Waals surface area contributed by atoms with Gasteiger partial charge in [0.05, 0.1) is 18.8 Å². The third-order valence-corrected chi connectivity index (χ3v) is 7.70. The van der Waals surface area contributed by atoms with E-state index in [-0.39, 0.29) is 17.9 Å². The fraction of sp³-hybridized carbons (Fsp3) is 0.367. The number of amides is 2. The van der Waals surface area contributed by atoms with Crippen molar-refractivity contribution in [2.75, 3.05) is 57.9 Å². The number of carbonyl (C=O) groups excluding carboxylic acids is 3. The number of fused-ring (bicyclic) bond motifs is 2. The van der Waals surface area contributed by atoms with E-state index in [1.807, 2.05) is 6.92 Å². The number of ether oxygens (including phenoxy) is 2. The molecule has 2 aromatic carbocycles. The monoisotopic (exact) mass is 531 g/mol. The summed E-state index contributed by atoms with van der Waals surface area (Å²) in [4.78, 5) is 46.4. The van der Waals surface area contributed by atoms with Crippen LogP contribution in [0.1, 0.15) is 23.1 Å². The van der Waals surface area contributed by atoms with Crippen LogP contribution in [0.4, 0.5) is 5.69 Å². The predicted molar refractivity (Wildman–Crippen MR) is 147 cm³/mol. The minimum absolute atomic E-state index is 0.181. The van der Waals surface area contributed by atoms with Crippen LogP contribution in [0.15, 0.2) is 60.7 Å². The van der Waals surface area contributed by atoms with Crippen LogP contribution in [0.5, 0.6) is 5.75 Å². The number of aryl methyl sites for hydroxylation is 1. The average Bonchev–Trinajstić information content (AvgIpc) is 3.31. The molecule has 0 radical (unpaired) electrons. The lowest BCUT2D eigenvalue weighted by molar-refractivity contribution is -0.143. The molecular formula is C30H33N3O6. The first-order valence-electron chi connectivity index (χ1n) is 13.1. The van der Waals surface area contributed by atoms with Gasteiger partial charge in [-0.3, -0.25) is 19.3 Å². The zero-order chi connectivity index (χ0) is 27.7. The molecule has 9 nitrogen and oxygen atoms in total. The second-order valence-corrected chi connectivity index (χ2v) is 9.99. The van der Waals surface area contributed by atoms with Gasteiger partial charge in [-0.2, -0.15) is 0 Å². The molecule has 3 aliphatic rings. The van der Waals surface area contributed by atoms with E-state index < -0.39 is 23.1 Å². The number of likely N-dealkylation sites (tertiary alicyclic amines) is 1. The molecule has 3 heterocycles. The number of carbonyl (C=O) groups is 3. The summed E-state index contributed by atoms with van der Waals surface area (Å²) in [5, 5.41) is 11.6. The standard InChI is InChI=1S/C30H33N3O6/c1-4-16-39-24-11-10-21(19-20(24)2)26(34)25-27(35)28(36)33(13-7-12-32-14-17-38-18-15-32)30(25)22-8-5-6-9-23(22)31(3)29(30)37/h4-6,8-11,19,34H,1,7,12-18H2,2-3H3/b26-25-. The number of Topliss-reactive ketones (excluding diaryl/α,β-unsaturated/α-hetero) is 1. The zero-order valence-corrected chi connectivity index (χ0v) is 22.3. The lowest BCUT2D eigenvalue weighted by Crippen LogP contribution is -2.52. The van der Waals surface area contributed by atoms with Gasteiger partial charge in [0, 0.05) is 50.0 Å². The Morgan fingerprint density at radius 2 is 1.87 bits per heavy atom. The second kappa shape index (κ2) is 10.7. The molecule has 1 unspecified atom stereocenters. The Balaban J connectivity index is 1.61. The maximum atomic E-state index is 14.1. The van der Waals surface area contributed by atoms with E-state index in [0.717, 1.165) is 18.7 Å². The first-order valence-corrected chi connectivity index (χ1v) is 13.1. The van der Waals surface area contributed by atoms with Crippen molar-refractivity contribution >= 4 is 29.0 Å². The molecule has 2 saturated heterocycles. The lowest BCUT2D eigenvalue weighted by atomic mass is 9.81. The number of hydrogen-bond acceptors (Lipinski definition) is 7. The van der Waals surface area contributed by atoms with Crippen molar-refractivity contribution in [2.45, 2.75) is 18.9 Å². The zero-order valence-electron chi connectivity index (χ0n) is 22.3. The van der Waals surface area contributed by atoms with Gasteiger partial charge in [0.25, 0.3) is 17.6 Å². The Morgan fingerprint density at radius 3 is 2.59 bits per heavy atom. The molecule has 9 heteroatoms. The van der Waals surface area contributed by atoms with Gasteiger partial charge in [-0.15, -0.1) is 0 Å². The lowest BCUT2D eigenvalue weighted by Gasteiger charge is -2.35. The van der Waals surface area contributed by atoms with Gasteiger partial charge in [0.15, 0.2) is 5.54 Å². The van der Waals surface area contributed by atoms with Crippen LogP contribution in [0.2, 0.25) is 0 Å². The van der Waals surface area contributed by atoms with Crippen LogP contribution in [0.3, 0.4) is 0 Å². The number of benzene rings is 2. The smallest absolute Gasteiger partial charge is 0.296 e. The van der Waals surface area contributed by atoms with E-state index in [1.165, 1.54) is 9.80 Å². The van der Waals surface area contributed by atoms with Crippen molar-refractivity contribution < 1.29 is 29.0 Å². The highest BCUT2D eigenvalue weighted by atomic mass is 16.5. The number of likely N-dealkylation sites (N-methyl/N-ethyl adjacent to an activating group) is 1. The molecule has 0 aliphatic carbocycles. The number of morpholine rings is 1. The molecule has 1 spiro atoms. The maximum Gasteiger partial charge on any atom is 0.296 e. The third kappa shape index (κ3) is 4.31. The van der Waals surface area contributed by atoms with Gasteiger partial charge in [0.1, 0.15) is 18.1 Å². The van der Waals surface area contributed by atoms with Crippen molar-refractivity contribution in [3.8, 4) is 5.75 Å². The molecule has 1 N–H and O–H groups in total. The largest absolute Gasteiger partial charge is 0.507 e. The minimum atomic E-state index is -1.75. The van der Waals surface area contributed by atoms with Gasteiger partial charge in [0.2, 0.25) is 0 Å². The number of aliphatic hydroxyl groups is 1. The SMILES string of the molecule is C=CCOc1ccc(/C(O)=C2\C(=O)C(=O)N(CCCN3CCOCC3)C23C(=O)N(C)c2ccccc23)cc1C. The van der Waals surface area contributed by atoms with Crippen molar-refractivity contribution in [1.82, 2.24) is 9.80 Å². The summed E-state index contributed by atoms with van der Waals surface area (Å²) in [5.41, 5.74) is 0.194. The fourth-order valence-electron chi connectivity index (χ4n) is 5.80. The molecule has 3 aliphatic heterocycles. The Hall–Kier alpha value is -3.95. The van der Waals surface area contributed by atoms with Crippen LogP contribution in [0, 0.1) is 6.92 Å². The average molecular weight is 532 g/mol. The first kappa shape index (κ1) is 26.6. The van der Waals surface area contributed by atoms with Crippen LogP contribution in [0.25, 0.3) is 5.76 Å². The van der Waals surface area contributed by atoms with E-state index in [4.69, 9.17) is 9.47 Å². The Kier molecular flexibility index (Phi) is 7.29. The van der Waals surface area contributed by atoms with E-state index in [1.54, 1.807) is 55.6 Å². The van der Waals surface area contributed by atoms with Gasteiger partial charge in [-0.25, -0.2) is 0 Å². The quantitative estimate of drug-likeness (QED) is 0.242. The van der Waals surface area contributed by atoms with E-state index >= 15 is 0 Å². The molecule has 2 fully saturated rings. The normalized spacial score (nSPS) is 22.6. The van der Waals surface area contributed by atoms with Gasteiger partial charge >= 0.3 is 0 Å². The first-order chi connectivity index (χ1) is 18.8. The van der Waals surface area contributed by atoms with E-state index in [0.29, 0.717) is 55.4 Å².